The van der Waals surface area contributed by atoms with Crippen LogP contribution < -0.4 is 24.2 Å². The van der Waals surface area contributed by atoms with E-state index in [0.717, 1.165) is 11.8 Å². The number of methoxy groups -OCH3 is 1. The van der Waals surface area contributed by atoms with E-state index in [2.05, 4.69) is 5.32 Å². The number of carbonyl (C=O) groups is 1. The van der Waals surface area contributed by atoms with Gasteiger partial charge >= 0.3 is 10.4 Å². The number of hydrogen-bond donors (Lipinski definition) is 2. The van der Waals surface area contributed by atoms with Gasteiger partial charge < -0.3 is 24.2 Å². The van der Waals surface area contributed by atoms with Crippen molar-refractivity contribution in [2.75, 3.05) is 18.2 Å². The first-order valence-corrected chi connectivity index (χ1v) is 11.3. The molecule has 4 rings (SSSR count). The van der Waals surface area contributed by atoms with Crippen LogP contribution in [0.15, 0.2) is 64.4 Å². The molecule has 1 amide bonds. The van der Waals surface area contributed by atoms with Crippen LogP contribution in [0.2, 0.25) is 0 Å². The number of hydrogen-bond acceptors (Lipinski definition) is 10. The second kappa shape index (κ2) is 8.52. The Morgan fingerprint density at radius 1 is 1.15 bits per heavy atom. The lowest BCUT2D eigenvalue weighted by Crippen LogP contribution is -2.16. The van der Waals surface area contributed by atoms with Gasteiger partial charge in [-0.3, -0.25) is 14.9 Å². The summed E-state index contributed by atoms with van der Waals surface area (Å²) < 4.78 is 38.4. The second-order valence-corrected chi connectivity index (χ2v) is 8.84. The number of carbonyl (C=O) groups excluding carboxylic acids is 1. The number of benzene rings is 3. The second-order valence-electron chi connectivity index (χ2n) is 6.57. The summed E-state index contributed by atoms with van der Waals surface area (Å²) in [5.41, 5.74) is 6.08. The van der Waals surface area contributed by atoms with E-state index in [0.29, 0.717) is 16.3 Å². The number of rotatable bonds is 6. The van der Waals surface area contributed by atoms with Crippen LogP contribution in [0.3, 0.4) is 0 Å². The predicted molar refractivity (Wildman–Crippen MR) is 119 cm³/mol. The highest BCUT2D eigenvalue weighted by atomic mass is 32.3. The molecule has 1 aliphatic heterocycles. The van der Waals surface area contributed by atoms with Crippen molar-refractivity contribution in [1.82, 2.24) is 0 Å². The van der Waals surface area contributed by atoms with E-state index in [1.165, 1.54) is 37.4 Å². The normalized spacial score (nSPS) is 13.4. The first-order valence-electron chi connectivity index (χ1n) is 9.15. The van der Waals surface area contributed by atoms with Gasteiger partial charge in [-0.05, 0) is 24.3 Å². The van der Waals surface area contributed by atoms with Gasteiger partial charge in [0.15, 0.2) is 5.75 Å². The van der Waals surface area contributed by atoms with Gasteiger partial charge in [-0.25, -0.2) is 0 Å². The van der Waals surface area contributed by atoms with Crippen molar-refractivity contribution >= 4 is 45.1 Å². The van der Waals surface area contributed by atoms with Crippen molar-refractivity contribution in [3.63, 3.8) is 0 Å². The molecule has 13 heteroatoms. The molecule has 0 saturated heterocycles. The SMILES string of the molecule is COc1ccccc1NC(=O)c1c(Sc2ccc([N+](=O)[O-])cc2)cc2c(c1N)OS(=O)(=O)O2. The topological polar surface area (TPSA) is 160 Å². The number of nitro benzene ring substituents is 1. The Morgan fingerprint density at radius 2 is 1.85 bits per heavy atom. The monoisotopic (exact) mass is 489 g/mol. The highest BCUT2D eigenvalue weighted by Crippen LogP contribution is 2.48. The highest BCUT2D eigenvalue weighted by molar-refractivity contribution is 7.99. The van der Waals surface area contributed by atoms with Gasteiger partial charge in [0.05, 0.1) is 29.0 Å². The molecule has 170 valence electrons. The Morgan fingerprint density at radius 3 is 2.52 bits per heavy atom. The fourth-order valence-electron chi connectivity index (χ4n) is 3.02. The summed E-state index contributed by atoms with van der Waals surface area (Å²) in [6, 6.07) is 13.6. The van der Waals surface area contributed by atoms with Crippen molar-refractivity contribution in [1.29, 1.82) is 0 Å². The van der Waals surface area contributed by atoms with E-state index in [4.69, 9.17) is 18.8 Å². The van der Waals surface area contributed by atoms with Crippen LogP contribution >= 0.6 is 11.8 Å². The smallest absolute Gasteiger partial charge is 0.495 e. The quantitative estimate of drug-likeness (QED) is 0.297. The third-order valence-electron chi connectivity index (χ3n) is 4.48. The molecule has 1 aliphatic rings. The molecule has 0 spiro atoms. The molecular weight excluding hydrogens is 474 g/mol. The molecule has 0 atom stereocenters. The van der Waals surface area contributed by atoms with Crippen molar-refractivity contribution in [2.45, 2.75) is 9.79 Å². The van der Waals surface area contributed by atoms with Crippen molar-refractivity contribution < 1.29 is 31.2 Å². The van der Waals surface area contributed by atoms with Crippen LogP contribution in [0.25, 0.3) is 0 Å². The molecule has 0 fully saturated rings. The van der Waals surface area contributed by atoms with E-state index in [-0.39, 0.29) is 33.3 Å². The van der Waals surface area contributed by atoms with Gasteiger partial charge in [0.1, 0.15) is 5.75 Å². The van der Waals surface area contributed by atoms with E-state index in [1.807, 2.05) is 0 Å². The van der Waals surface area contributed by atoms with Crippen LogP contribution in [0, 0.1) is 10.1 Å². The number of fused-ring (bicyclic) bond motifs is 1. The standard InChI is InChI=1S/C20H15N3O8S2/c1-29-14-5-3-2-4-13(14)22-20(24)17-16(32-12-8-6-11(7-9-12)23(25)26)10-15-19(18(17)21)31-33(27,28)30-15/h2-10H,21H2,1H3,(H,22,24). The van der Waals surface area contributed by atoms with Crippen LogP contribution in [-0.4, -0.2) is 26.4 Å². The molecular formula is C20H15N3O8S2. The van der Waals surface area contributed by atoms with Crippen LogP contribution in [0.1, 0.15) is 10.4 Å². The number of nitrogens with two attached hydrogens (primary N) is 1. The Labute approximate surface area is 191 Å². The Balaban J connectivity index is 1.77. The zero-order chi connectivity index (χ0) is 23.8. The van der Waals surface area contributed by atoms with E-state index < -0.39 is 21.2 Å². The largest absolute Gasteiger partial charge is 0.501 e. The van der Waals surface area contributed by atoms with E-state index >= 15 is 0 Å². The van der Waals surface area contributed by atoms with E-state index in [9.17, 15) is 23.3 Å². The summed E-state index contributed by atoms with van der Waals surface area (Å²) in [5.74, 6) is -0.728. The summed E-state index contributed by atoms with van der Waals surface area (Å²) in [6.45, 7) is 0. The van der Waals surface area contributed by atoms with Gasteiger partial charge in [-0.15, -0.1) is 8.42 Å². The molecule has 0 bridgehead atoms. The lowest BCUT2D eigenvalue weighted by Gasteiger charge is -2.15. The summed E-state index contributed by atoms with van der Waals surface area (Å²) in [6.07, 6.45) is 0. The molecule has 33 heavy (non-hydrogen) atoms. The zero-order valence-corrected chi connectivity index (χ0v) is 18.4. The van der Waals surface area contributed by atoms with Crippen molar-refractivity contribution in [2.24, 2.45) is 0 Å². The molecule has 3 aromatic carbocycles. The molecule has 11 nitrogen and oxygen atoms in total. The fourth-order valence-corrected chi connectivity index (χ4v) is 4.77. The third kappa shape index (κ3) is 4.49. The molecule has 0 aromatic heterocycles. The minimum atomic E-state index is -4.36. The summed E-state index contributed by atoms with van der Waals surface area (Å²) in [5, 5.41) is 13.6. The minimum Gasteiger partial charge on any atom is -0.495 e. The molecule has 3 N–H and O–H groups in total. The van der Waals surface area contributed by atoms with Gasteiger partial charge in [0.2, 0.25) is 5.75 Å². The number of nitrogen functional groups attached to an aromatic ring is 1. The average molecular weight is 489 g/mol. The fraction of sp³-hybridized carbons (Fsp3) is 0.0500. The molecule has 0 aliphatic carbocycles. The number of non-ortho nitro benzene ring substituents is 1. The van der Waals surface area contributed by atoms with Crippen molar-refractivity contribution in [3.8, 4) is 17.2 Å². The predicted octanol–water partition coefficient (Wildman–Crippen LogP) is 3.61. The number of amides is 1. The number of nitrogens with zero attached hydrogens (tertiary/aromatic N) is 1. The lowest BCUT2D eigenvalue weighted by atomic mass is 10.1. The number of nitrogens with one attached hydrogen (secondary N) is 1. The number of nitro groups is 1. The summed E-state index contributed by atoms with van der Waals surface area (Å²) in [7, 11) is -2.92. The van der Waals surface area contributed by atoms with E-state index in [1.54, 1.807) is 24.3 Å². The molecule has 0 unspecified atom stereocenters. The average Bonchev–Trinajstić information content (AvgIpc) is 3.09. The number of anilines is 2. The molecule has 3 aromatic rings. The Hall–Kier alpha value is -3.97. The number of para-hydroxylation sites is 2. The summed E-state index contributed by atoms with van der Waals surface area (Å²) >= 11 is 1.04. The molecule has 1 heterocycles. The van der Waals surface area contributed by atoms with Gasteiger partial charge in [0.25, 0.3) is 11.6 Å². The van der Waals surface area contributed by atoms with Crippen LogP contribution in [0.5, 0.6) is 17.2 Å². The third-order valence-corrected chi connectivity index (χ3v) is 6.29. The lowest BCUT2D eigenvalue weighted by molar-refractivity contribution is -0.384. The number of ether oxygens (including phenoxy) is 1. The van der Waals surface area contributed by atoms with Gasteiger partial charge in [-0.2, -0.15) is 0 Å². The Kier molecular flexibility index (Phi) is 5.74. The maximum atomic E-state index is 13.2. The maximum absolute atomic E-state index is 13.2. The van der Waals surface area contributed by atoms with Crippen LogP contribution in [0.4, 0.5) is 17.1 Å². The van der Waals surface area contributed by atoms with Gasteiger partial charge in [0, 0.05) is 28.0 Å². The van der Waals surface area contributed by atoms with Gasteiger partial charge in [-0.1, -0.05) is 23.9 Å². The summed E-state index contributed by atoms with van der Waals surface area (Å²) in [4.78, 5) is 24.4. The highest BCUT2D eigenvalue weighted by Gasteiger charge is 2.35. The molecule has 0 radical (unpaired) electrons. The first-order chi connectivity index (χ1) is 15.7. The zero-order valence-electron chi connectivity index (χ0n) is 16.8. The first kappa shape index (κ1) is 22.2. The van der Waals surface area contributed by atoms with Crippen molar-refractivity contribution in [3.05, 3.63) is 70.3 Å². The maximum Gasteiger partial charge on any atom is 0.501 e. The minimum absolute atomic E-state index is 0.0660. The van der Waals surface area contributed by atoms with Crippen LogP contribution in [-0.2, 0) is 10.4 Å². The Bertz CT molecular complexity index is 1370. The molecule has 0 saturated carbocycles.